The van der Waals surface area contributed by atoms with E-state index in [1.54, 1.807) is 6.07 Å². The van der Waals surface area contributed by atoms with Crippen molar-refractivity contribution in [2.45, 2.75) is 20.8 Å². The second kappa shape index (κ2) is 6.26. The molecule has 0 bridgehead atoms. The van der Waals surface area contributed by atoms with E-state index in [0.717, 1.165) is 22.4 Å². The van der Waals surface area contributed by atoms with Gasteiger partial charge in [0.2, 0.25) is 5.91 Å². The Labute approximate surface area is 123 Å². The molecule has 2 N–H and O–H groups in total. The minimum absolute atomic E-state index is 0.0865. The van der Waals surface area contributed by atoms with Gasteiger partial charge in [-0.3, -0.25) is 9.59 Å². The van der Waals surface area contributed by atoms with Crippen molar-refractivity contribution in [3.8, 4) is 0 Å². The Hall–Kier alpha value is -2.56. The molecule has 2 aromatic rings. The Bertz CT molecular complexity index is 637. The molecule has 0 atom stereocenters. The standard InChI is InChI=1S/C16H18N2O3/c1-10-6-11(2)15(12(3)7-10)18-14(19)8-17-16(20)13-4-5-21-9-13/h4-7,9H,8H2,1-3H3,(H,17,20)(H,18,19). The molecule has 1 aromatic heterocycles. The molecule has 1 heterocycles. The Kier molecular flexibility index (Phi) is 4.42. The van der Waals surface area contributed by atoms with E-state index in [1.165, 1.54) is 12.5 Å². The van der Waals surface area contributed by atoms with Crippen molar-refractivity contribution in [3.05, 3.63) is 53.0 Å². The Morgan fingerprint density at radius 2 is 1.81 bits per heavy atom. The van der Waals surface area contributed by atoms with Crippen LogP contribution in [-0.4, -0.2) is 18.4 Å². The maximum absolute atomic E-state index is 11.9. The highest BCUT2D eigenvalue weighted by Crippen LogP contribution is 2.21. The van der Waals surface area contributed by atoms with Crippen LogP contribution in [0.1, 0.15) is 27.0 Å². The Morgan fingerprint density at radius 3 is 2.38 bits per heavy atom. The van der Waals surface area contributed by atoms with Gasteiger partial charge in [-0.1, -0.05) is 17.7 Å². The van der Waals surface area contributed by atoms with Gasteiger partial charge in [-0.25, -0.2) is 0 Å². The molecule has 0 aliphatic rings. The zero-order valence-electron chi connectivity index (χ0n) is 12.3. The lowest BCUT2D eigenvalue weighted by atomic mass is 10.1. The SMILES string of the molecule is Cc1cc(C)c(NC(=O)CNC(=O)c2ccoc2)c(C)c1. The van der Waals surface area contributed by atoms with Crippen molar-refractivity contribution in [3.63, 3.8) is 0 Å². The fraction of sp³-hybridized carbons (Fsp3) is 0.250. The number of carbonyl (C=O) groups excluding carboxylic acids is 2. The number of benzene rings is 1. The van der Waals surface area contributed by atoms with Crippen LogP contribution in [0.15, 0.2) is 35.1 Å². The molecular formula is C16H18N2O3. The number of rotatable bonds is 4. The van der Waals surface area contributed by atoms with Crippen molar-refractivity contribution < 1.29 is 14.0 Å². The van der Waals surface area contributed by atoms with Gasteiger partial charge in [0.05, 0.1) is 18.4 Å². The third-order valence-electron chi connectivity index (χ3n) is 3.13. The van der Waals surface area contributed by atoms with Crippen LogP contribution >= 0.6 is 0 Å². The summed E-state index contributed by atoms with van der Waals surface area (Å²) in [6, 6.07) is 5.56. The van der Waals surface area contributed by atoms with Gasteiger partial charge < -0.3 is 15.1 Å². The highest BCUT2D eigenvalue weighted by Gasteiger charge is 2.11. The molecule has 1 aromatic carbocycles. The Morgan fingerprint density at radius 1 is 1.14 bits per heavy atom. The molecule has 21 heavy (non-hydrogen) atoms. The zero-order valence-corrected chi connectivity index (χ0v) is 12.3. The number of amides is 2. The molecule has 5 nitrogen and oxygen atoms in total. The maximum atomic E-state index is 11.9. The van der Waals surface area contributed by atoms with Gasteiger partial charge in [0.25, 0.3) is 5.91 Å². The fourth-order valence-corrected chi connectivity index (χ4v) is 2.22. The van der Waals surface area contributed by atoms with E-state index in [1.807, 2.05) is 32.9 Å². The molecule has 0 saturated carbocycles. The first-order chi connectivity index (χ1) is 9.97. The summed E-state index contributed by atoms with van der Waals surface area (Å²) in [6.45, 7) is 5.81. The smallest absolute Gasteiger partial charge is 0.254 e. The molecule has 0 saturated heterocycles. The van der Waals surface area contributed by atoms with E-state index in [9.17, 15) is 9.59 Å². The number of carbonyl (C=O) groups is 2. The van der Waals surface area contributed by atoms with Gasteiger partial charge in [0.15, 0.2) is 0 Å². The van der Waals surface area contributed by atoms with Crippen LogP contribution < -0.4 is 10.6 Å². The predicted octanol–water partition coefficient (Wildman–Crippen LogP) is 2.57. The fourth-order valence-electron chi connectivity index (χ4n) is 2.22. The normalized spacial score (nSPS) is 10.2. The molecule has 2 amide bonds. The van der Waals surface area contributed by atoms with Gasteiger partial charge >= 0.3 is 0 Å². The van der Waals surface area contributed by atoms with Crippen molar-refractivity contribution in [1.82, 2.24) is 5.32 Å². The largest absolute Gasteiger partial charge is 0.472 e. The topological polar surface area (TPSA) is 71.3 Å². The Balaban J connectivity index is 1.95. The summed E-state index contributed by atoms with van der Waals surface area (Å²) in [5.74, 6) is -0.599. The number of hydrogen-bond donors (Lipinski definition) is 2. The van der Waals surface area contributed by atoms with Crippen LogP contribution in [0.4, 0.5) is 5.69 Å². The summed E-state index contributed by atoms with van der Waals surface area (Å²) in [7, 11) is 0. The summed E-state index contributed by atoms with van der Waals surface area (Å²) < 4.78 is 4.82. The number of nitrogens with one attached hydrogen (secondary N) is 2. The lowest BCUT2D eigenvalue weighted by Gasteiger charge is -2.13. The van der Waals surface area contributed by atoms with Crippen LogP contribution in [0.2, 0.25) is 0 Å². The zero-order chi connectivity index (χ0) is 15.4. The van der Waals surface area contributed by atoms with Crippen molar-refractivity contribution in [2.75, 3.05) is 11.9 Å². The number of anilines is 1. The van der Waals surface area contributed by atoms with Gasteiger partial charge in [-0.15, -0.1) is 0 Å². The van der Waals surface area contributed by atoms with Crippen molar-refractivity contribution >= 4 is 17.5 Å². The minimum atomic E-state index is -0.337. The second-order valence-electron chi connectivity index (χ2n) is 5.02. The lowest BCUT2D eigenvalue weighted by Crippen LogP contribution is -2.32. The van der Waals surface area contributed by atoms with Crippen LogP contribution in [-0.2, 0) is 4.79 Å². The predicted molar refractivity (Wildman–Crippen MR) is 80.3 cm³/mol. The first-order valence-corrected chi connectivity index (χ1v) is 6.65. The minimum Gasteiger partial charge on any atom is -0.472 e. The average molecular weight is 286 g/mol. The van der Waals surface area contributed by atoms with E-state index in [2.05, 4.69) is 10.6 Å². The number of hydrogen-bond acceptors (Lipinski definition) is 3. The first-order valence-electron chi connectivity index (χ1n) is 6.65. The van der Waals surface area contributed by atoms with Gasteiger partial charge in [-0.2, -0.15) is 0 Å². The summed E-state index contributed by atoms with van der Waals surface area (Å²) in [4.78, 5) is 23.6. The van der Waals surface area contributed by atoms with Gasteiger partial charge in [-0.05, 0) is 38.0 Å². The van der Waals surface area contributed by atoms with E-state index in [0.29, 0.717) is 5.56 Å². The van der Waals surface area contributed by atoms with E-state index < -0.39 is 0 Å². The quantitative estimate of drug-likeness (QED) is 0.907. The van der Waals surface area contributed by atoms with Gasteiger partial charge in [0, 0.05) is 5.69 Å². The van der Waals surface area contributed by atoms with Crippen molar-refractivity contribution in [1.29, 1.82) is 0 Å². The average Bonchev–Trinajstić information content (AvgIpc) is 2.94. The third kappa shape index (κ3) is 3.72. The van der Waals surface area contributed by atoms with Gasteiger partial charge in [0.1, 0.15) is 6.26 Å². The van der Waals surface area contributed by atoms with Crippen LogP contribution in [0.25, 0.3) is 0 Å². The van der Waals surface area contributed by atoms with Crippen LogP contribution in [0.3, 0.4) is 0 Å². The first kappa shape index (κ1) is 14.8. The highest BCUT2D eigenvalue weighted by atomic mass is 16.3. The van der Waals surface area contributed by atoms with E-state index in [4.69, 9.17) is 4.42 Å². The lowest BCUT2D eigenvalue weighted by molar-refractivity contribution is -0.115. The van der Waals surface area contributed by atoms with E-state index >= 15 is 0 Å². The molecule has 110 valence electrons. The van der Waals surface area contributed by atoms with E-state index in [-0.39, 0.29) is 18.4 Å². The maximum Gasteiger partial charge on any atom is 0.254 e. The third-order valence-corrected chi connectivity index (χ3v) is 3.13. The highest BCUT2D eigenvalue weighted by molar-refractivity contribution is 5.99. The summed E-state index contributed by atoms with van der Waals surface area (Å²) >= 11 is 0. The second-order valence-corrected chi connectivity index (χ2v) is 5.02. The summed E-state index contributed by atoms with van der Waals surface area (Å²) in [5.41, 5.74) is 4.34. The number of aryl methyl sites for hydroxylation is 3. The molecule has 0 unspecified atom stereocenters. The molecule has 0 spiro atoms. The molecule has 2 rings (SSSR count). The van der Waals surface area contributed by atoms with Crippen LogP contribution in [0, 0.1) is 20.8 Å². The molecule has 5 heteroatoms. The molecule has 0 radical (unpaired) electrons. The summed E-state index contributed by atoms with van der Waals surface area (Å²) in [6.07, 6.45) is 2.75. The molecule has 0 aliphatic carbocycles. The summed E-state index contributed by atoms with van der Waals surface area (Å²) in [5, 5.41) is 5.37. The molecule has 0 fully saturated rings. The monoisotopic (exact) mass is 286 g/mol. The number of furan rings is 1. The van der Waals surface area contributed by atoms with Crippen LogP contribution in [0.5, 0.6) is 0 Å². The molecule has 0 aliphatic heterocycles. The molecular weight excluding hydrogens is 268 g/mol. The van der Waals surface area contributed by atoms with Crippen molar-refractivity contribution in [2.24, 2.45) is 0 Å².